The minimum absolute atomic E-state index is 0.161. The van der Waals surface area contributed by atoms with Gasteiger partial charge in [0.2, 0.25) is 0 Å². The van der Waals surface area contributed by atoms with Gasteiger partial charge in [-0.25, -0.2) is 9.78 Å². The number of hydrogen-bond acceptors (Lipinski definition) is 7. The zero-order valence-corrected chi connectivity index (χ0v) is 20.3. The first-order chi connectivity index (χ1) is 16.8. The van der Waals surface area contributed by atoms with Crippen LogP contribution in [0.2, 0.25) is 0 Å². The number of aryl methyl sites for hydroxylation is 1. The number of carbonyl (C=O) groups excluding carboxylic acids is 1. The van der Waals surface area contributed by atoms with E-state index in [1.165, 1.54) is 15.8 Å². The van der Waals surface area contributed by atoms with Crippen LogP contribution in [0.5, 0.6) is 5.75 Å². The van der Waals surface area contributed by atoms with E-state index >= 15 is 0 Å². The van der Waals surface area contributed by atoms with Crippen LogP contribution in [0.15, 0.2) is 42.6 Å². The Morgan fingerprint density at radius 1 is 1.14 bits per heavy atom. The van der Waals surface area contributed by atoms with E-state index in [1.54, 1.807) is 25.4 Å². The van der Waals surface area contributed by atoms with Crippen molar-refractivity contribution in [2.24, 2.45) is 0 Å². The number of pyridine rings is 2. The minimum atomic E-state index is -0.693. The Bertz CT molecular complexity index is 1420. The van der Waals surface area contributed by atoms with Gasteiger partial charge in [0.05, 0.1) is 19.4 Å². The van der Waals surface area contributed by atoms with Crippen molar-refractivity contribution >= 4 is 17.1 Å². The van der Waals surface area contributed by atoms with Crippen molar-refractivity contribution in [2.75, 3.05) is 7.11 Å². The zero-order valence-electron chi connectivity index (χ0n) is 20.3. The Morgan fingerprint density at radius 3 is 2.66 bits per heavy atom. The van der Waals surface area contributed by atoms with E-state index in [4.69, 9.17) is 14.5 Å². The molecular weight excluding hydrogens is 444 g/mol. The van der Waals surface area contributed by atoms with Crippen molar-refractivity contribution in [3.8, 4) is 28.3 Å². The van der Waals surface area contributed by atoms with Crippen LogP contribution in [0.3, 0.4) is 0 Å². The molecule has 5 rings (SSSR count). The molecule has 0 saturated carbocycles. The van der Waals surface area contributed by atoms with Gasteiger partial charge >= 0.3 is 6.09 Å². The van der Waals surface area contributed by atoms with E-state index in [9.17, 15) is 9.90 Å². The van der Waals surface area contributed by atoms with Gasteiger partial charge in [0, 0.05) is 23.4 Å². The number of rotatable bonds is 4. The van der Waals surface area contributed by atoms with E-state index in [1.807, 2.05) is 32.9 Å². The summed E-state index contributed by atoms with van der Waals surface area (Å²) in [6.45, 7) is 5.26. The molecule has 1 aliphatic carbocycles. The topological polar surface area (TPSA) is 99.4 Å². The molecule has 0 radical (unpaired) electrons. The summed E-state index contributed by atoms with van der Waals surface area (Å²) < 4.78 is 12.6. The normalized spacial score (nSPS) is 13.2. The maximum atomic E-state index is 13.1. The lowest BCUT2D eigenvalue weighted by atomic mass is 9.99. The van der Waals surface area contributed by atoms with Crippen LogP contribution in [-0.4, -0.2) is 43.7 Å². The smallest absolute Gasteiger partial charge is 0.435 e. The first kappa shape index (κ1) is 23.0. The van der Waals surface area contributed by atoms with Gasteiger partial charge in [0.25, 0.3) is 0 Å². The van der Waals surface area contributed by atoms with E-state index in [0.717, 1.165) is 24.8 Å². The third-order valence-electron chi connectivity index (χ3n) is 6.07. The first-order valence-corrected chi connectivity index (χ1v) is 11.7. The number of aliphatic hydroxyl groups is 1. The predicted molar refractivity (Wildman–Crippen MR) is 132 cm³/mol. The van der Waals surface area contributed by atoms with Crippen LogP contribution < -0.4 is 4.74 Å². The van der Waals surface area contributed by atoms with Gasteiger partial charge in [-0.05, 0) is 63.3 Å². The van der Waals surface area contributed by atoms with Gasteiger partial charge in [-0.15, -0.1) is 0 Å². The summed E-state index contributed by atoms with van der Waals surface area (Å²) in [6, 6.07) is 11.6. The molecule has 1 N–H and O–H groups in total. The number of fused-ring (bicyclic) bond motifs is 2. The second-order valence-corrected chi connectivity index (χ2v) is 9.64. The summed E-state index contributed by atoms with van der Waals surface area (Å²) in [6.07, 6.45) is 4.18. The van der Waals surface area contributed by atoms with Gasteiger partial charge < -0.3 is 14.6 Å². The molecule has 0 fully saturated rings. The highest BCUT2D eigenvalue weighted by atomic mass is 16.6. The molecule has 8 nitrogen and oxygen atoms in total. The molecular formula is C27H28N4O4. The number of aromatic nitrogens is 4. The molecule has 0 atom stereocenters. The summed E-state index contributed by atoms with van der Waals surface area (Å²) >= 11 is 0. The number of carbonyl (C=O) groups is 1. The molecule has 180 valence electrons. The molecule has 8 heteroatoms. The van der Waals surface area contributed by atoms with Gasteiger partial charge in [-0.1, -0.05) is 18.2 Å². The second kappa shape index (κ2) is 8.78. The standard InChI is InChI=1S/C27H28N4O4/c1-27(2,3)35-26(33)31-21-13-22(34-4)24(20-10-6-8-16-7-5-9-19(16)20)29-25(21)23(30-31)17-11-12-18(15-32)28-14-17/h6,8,10-14,32H,5,7,9,15H2,1-4H3. The van der Waals surface area contributed by atoms with Gasteiger partial charge in [-0.2, -0.15) is 9.78 Å². The molecule has 1 aliphatic rings. The molecule has 1 aromatic carbocycles. The van der Waals surface area contributed by atoms with Crippen molar-refractivity contribution in [1.82, 2.24) is 19.7 Å². The van der Waals surface area contributed by atoms with Gasteiger partial charge in [0.1, 0.15) is 33.8 Å². The Balaban J connectivity index is 1.76. The highest BCUT2D eigenvalue weighted by Gasteiger charge is 2.27. The highest BCUT2D eigenvalue weighted by molar-refractivity contribution is 5.97. The average Bonchev–Trinajstić information content (AvgIpc) is 3.47. The van der Waals surface area contributed by atoms with Crippen molar-refractivity contribution in [2.45, 2.75) is 52.2 Å². The van der Waals surface area contributed by atoms with Crippen molar-refractivity contribution in [3.63, 3.8) is 0 Å². The summed E-state index contributed by atoms with van der Waals surface area (Å²) in [7, 11) is 1.60. The Labute approximate surface area is 203 Å². The fourth-order valence-corrected chi connectivity index (χ4v) is 4.51. The predicted octanol–water partition coefficient (Wildman–Crippen LogP) is 4.93. The fourth-order valence-electron chi connectivity index (χ4n) is 4.51. The highest BCUT2D eigenvalue weighted by Crippen LogP contribution is 2.39. The molecule has 0 aliphatic heterocycles. The molecule has 0 amide bonds. The number of benzene rings is 1. The molecule has 0 bridgehead atoms. The molecule has 4 aromatic rings. The largest absolute Gasteiger partial charge is 0.494 e. The third-order valence-corrected chi connectivity index (χ3v) is 6.07. The Morgan fingerprint density at radius 2 is 1.97 bits per heavy atom. The number of methoxy groups -OCH3 is 1. The summed E-state index contributed by atoms with van der Waals surface area (Å²) in [5, 5.41) is 14.0. The van der Waals surface area contributed by atoms with Crippen LogP contribution >= 0.6 is 0 Å². The fraction of sp³-hybridized carbons (Fsp3) is 0.333. The molecule has 0 unspecified atom stereocenters. The number of aliphatic hydroxyl groups excluding tert-OH is 1. The molecule has 3 heterocycles. The number of ether oxygens (including phenoxy) is 2. The maximum Gasteiger partial charge on any atom is 0.435 e. The number of hydrogen-bond donors (Lipinski definition) is 1. The first-order valence-electron chi connectivity index (χ1n) is 11.7. The van der Waals surface area contributed by atoms with Gasteiger partial charge in [-0.3, -0.25) is 4.98 Å². The lowest BCUT2D eigenvalue weighted by Gasteiger charge is -2.19. The molecule has 0 spiro atoms. The lowest BCUT2D eigenvalue weighted by molar-refractivity contribution is 0.0523. The van der Waals surface area contributed by atoms with E-state index in [-0.39, 0.29) is 6.61 Å². The monoisotopic (exact) mass is 472 g/mol. The molecule has 0 saturated heterocycles. The van der Waals surface area contributed by atoms with Crippen LogP contribution in [0.4, 0.5) is 4.79 Å². The zero-order chi connectivity index (χ0) is 24.7. The van der Waals surface area contributed by atoms with Crippen LogP contribution in [-0.2, 0) is 24.2 Å². The Kier molecular flexibility index (Phi) is 5.76. The number of nitrogens with zero attached hydrogens (tertiary/aromatic N) is 4. The van der Waals surface area contributed by atoms with E-state index in [0.29, 0.717) is 39.4 Å². The second-order valence-electron chi connectivity index (χ2n) is 9.64. The lowest BCUT2D eigenvalue weighted by Crippen LogP contribution is -2.27. The summed E-state index contributed by atoms with van der Waals surface area (Å²) in [4.78, 5) is 22.4. The van der Waals surface area contributed by atoms with Crippen molar-refractivity contribution < 1.29 is 19.4 Å². The van der Waals surface area contributed by atoms with Crippen LogP contribution in [0.1, 0.15) is 44.0 Å². The third kappa shape index (κ3) is 4.25. The molecule has 35 heavy (non-hydrogen) atoms. The quantitative estimate of drug-likeness (QED) is 0.449. The van der Waals surface area contributed by atoms with Crippen LogP contribution in [0, 0.1) is 0 Å². The maximum absolute atomic E-state index is 13.1. The van der Waals surface area contributed by atoms with E-state index < -0.39 is 11.7 Å². The SMILES string of the molecule is COc1cc2c(nc1-c1cccc3c1CCC3)c(-c1ccc(CO)nc1)nn2C(=O)OC(C)(C)C. The van der Waals surface area contributed by atoms with Crippen molar-refractivity contribution in [3.05, 3.63) is 59.4 Å². The average molecular weight is 473 g/mol. The summed E-state index contributed by atoms with van der Waals surface area (Å²) in [5.41, 5.74) is 6.41. The van der Waals surface area contributed by atoms with Crippen molar-refractivity contribution in [1.29, 1.82) is 0 Å². The van der Waals surface area contributed by atoms with Gasteiger partial charge in [0.15, 0.2) is 0 Å². The van der Waals surface area contributed by atoms with Crippen LogP contribution in [0.25, 0.3) is 33.5 Å². The van der Waals surface area contributed by atoms with E-state index in [2.05, 4.69) is 22.2 Å². The molecule has 3 aromatic heterocycles. The minimum Gasteiger partial charge on any atom is -0.494 e. The Hall–Kier alpha value is -3.78. The summed E-state index contributed by atoms with van der Waals surface area (Å²) in [5.74, 6) is 0.558.